The second kappa shape index (κ2) is 8.91. The van der Waals surface area contributed by atoms with Gasteiger partial charge in [0.15, 0.2) is 0 Å². The number of likely N-dealkylation sites (tertiary alicyclic amines) is 1. The van der Waals surface area contributed by atoms with Crippen LogP contribution in [0.25, 0.3) is 0 Å². The van der Waals surface area contributed by atoms with E-state index in [4.69, 9.17) is 4.74 Å². The Labute approximate surface area is 133 Å². The van der Waals surface area contributed by atoms with Crippen LogP contribution in [-0.4, -0.2) is 50.2 Å². The highest BCUT2D eigenvalue weighted by Crippen LogP contribution is 2.20. The van der Waals surface area contributed by atoms with Crippen molar-refractivity contribution in [3.63, 3.8) is 0 Å². The molecule has 1 fully saturated rings. The fourth-order valence-corrected chi connectivity index (χ4v) is 3.08. The summed E-state index contributed by atoms with van der Waals surface area (Å²) in [6.07, 6.45) is 2.89. The van der Waals surface area contributed by atoms with Crippen molar-refractivity contribution in [1.29, 1.82) is 0 Å². The van der Waals surface area contributed by atoms with Gasteiger partial charge in [-0.2, -0.15) is 0 Å². The lowest BCUT2D eigenvalue weighted by atomic mass is 9.94. The van der Waals surface area contributed by atoms with Crippen LogP contribution in [0.1, 0.15) is 37.7 Å². The van der Waals surface area contributed by atoms with Gasteiger partial charge in [-0.1, -0.05) is 37.3 Å². The van der Waals surface area contributed by atoms with Crippen LogP contribution < -0.4 is 5.32 Å². The molecule has 0 spiro atoms. The quantitative estimate of drug-likeness (QED) is 0.841. The Balaban J connectivity index is 1.82. The standard InChI is InChI=1S/C18H28N2O2/c1-3-17(15-7-5-4-6-8-15)18(21)19-16-9-11-20(12-10-16)13-14-22-2/h4-8,16-17H,3,9-14H2,1-2H3,(H,19,21). The summed E-state index contributed by atoms with van der Waals surface area (Å²) in [7, 11) is 1.74. The van der Waals surface area contributed by atoms with Gasteiger partial charge in [0.05, 0.1) is 12.5 Å². The molecule has 0 aromatic heterocycles. The number of nitrogens with zero attached hydrogens (tertiary/aromatic N) is 1. The van der Waals surface area contributed by atoms with E-state index >= 15 is 0 Å². The summed E-state index contributed by atoms with van der Waals surface area (Å²) in [4.78, 5) is 15.0. The minimum absolute atomic E-state index is 0.0345. The Morgan fingerprint density at radius 1 is 1.32 bits per heavy atom. The number of methoxy groups -OCH3 is 1. The molecule has 1 heterocycles. The number of amides is 1. The average molecular weight is 304 g/mol. The van der Waals surface area contributed by atoms with Crippen molar-refractivity contribution in [3.8, 4) is 0 Å². The first-order chi connectivity index (χ1) is 10.7. The van der Waals surface area contributed by atoms with Gasteiger partial charge in [0.2, 0.25) is 5.91 Å². The first kappa shape index (κ1) is 17.0. The van der Waals surface area contributed by atoms with Crippen LogP contribution in [0, 0.1) is 0 Å². The number of piperidine rings is 1. The van der Waals surface area contributed by atoms with E-state index in [-0.39, 0.29) is 11.8 Å². The van der Waals surface area contributed by atoms with E-state index in [0.717, 1.165) is 51.1 Å². The Bertz CT molecular complexity index is 442. The van der Waals surface area contributed by atoms with Gasteiger partial charge in [-0.05, 0) is 24.8 Å². The van der Waals surface area contributed by atoms with Crippen molar-refractivity contribution in [3.05, 3.63) is 35.9 Å². The van der Waals surface area contributed by atoms with E-state index in [1.165, 1.54) is 0 Å². The highest BCUT2D eigenvalue weighted by atomic mass is 16.5. The zero-order valence-corrected chi connectivity index (χ0v) is 13.8. The zero-order valence-electron chi connectivity index (χ0n) is 13.8. The molecule has 2 rings (SSSR count). The molecule has 0 saturated carbocycles. The predicted molar refractivity (Wildman–Crippen MR) is 89.0 cm³/mol. The van der Waals surface area contributed by atoms with Crippen LogP contribution in [0.5, 0.6) is 0 Å². The molecule has 0 radical (unpaired) electrons. The smallest absolute Gasteiger partial charge is 0.227 e. The minimum atomic E-state index is -0.0345. The minimum Gasteiger partial charge on any atom is -0.383 e. The van der Waals surface area contributed by atoms with Crippen LogP contribution in [0.3, 0.4) is 0 Å². The molecule has 1 saturated heterocycles. The van der Waals surface area contributed by atoms with Crippen LogP contribution in [0.15, 0.2) is 30.3 Å². The summed E-state index contributed by atoms with van der Waals surface area (Å²) >= 11 is 0. The summed E-state index contributed by atoms with van der Waals surface area (Å²) in [5.74, 6) is 0.136. The Morgan fingerprint density at radius 2 is 2.00 bits per heavy atom. The largest absolute Gasteiger partial charge is 0.383 e. The van der Waals surface area contributed by atoms with Gasteiger partial charge in [-0.25, -0.2) is 0 Å². The van der Waals surface area contributed by atoms with E-state index in [1.54, 1.807) is 7.11 Å². The van der Waals surface area contributed by atoms with Gasteiger partial charge in [0.1, 0.15) is 0 Å². The maximum absolute atomic E-state index is 12.6. The topological polar surface area (TPSA) is 41.6 Å². The van der Waals surface area contributed by atoms with E-state index in [2.05, 4.69) is 17.1 Å². The van der Waals surface area contributed by atoms with E-state index < -0.39 is 0 Å². The predicted octanol–water partition coefficient (Wildman–Crippen LogP) is 2.41. The molecule has 4 heteroatoms. The normalized spacial score (nSPS) is 18.1. The van der Waals surface area contributed by atoms with E-state index in [0.29, 0.717) is 6.04 Å². The van der Waals surface area contributed by atoms with Gasteiger partial charge >= 0.3 is 0 Å². The number of benzene rings is 1. The lowest BCUT2D eigenvalue weighted by Gasteiger charge is -2.32. The van der Waals surface area contributed by atoms with Gasteiger partial charge in [-0.3, -0.25) is 4.79 Å². The molecule has 1 N–H and O–H groups in total. The molecular formula is C18H28N2O2. The highest BCUT2D eigenvalue weighted by molar-refractivity contribution is 5.83. The summed E-state index contributed by atoms with van der Waals surface area (Å²) in [5.41, 5.74) is 1.11. The molecule has 0 aliphatic carbocycles. The molecular weight excluding hydrogens is 276 g/mol. The highest BCUT2D eigenvalue weighted by Gasteiger charge is 2.24. The number of hydrogen-bond donors (Lipinski definition) is 1. The van der Waals surface area contributed by atoms with Gasteiger partial charge in [-0.15, -0.1) is 0 Å². The number of ether oxygens (including phenoxy) is 1. The Kier molecular flexibility index (Phi) is 6.87. The zero-order chi connectivity index (χ0) is 15.8. The first-order valence-electron chi connectivity index (χ1n) is 8.31. The molecule has 1 aromatic rings. The molecule has 1 atom stereocenters. The van der Waals surface area contributed by atoms with Crippen molar-refractivity contribution >= 4 is 5.91 Å². The second-order valence-electron chi connectivity index (χ2n) is 5.99. The molecule has 4 nitrogen and oxygen atoms in total. The van der Waals surface area contributed by atoms with Crippen LogP contribution in [0.4, 0.5) is 0 Å². The summed E-state index contributed by atoms with van der Waals surface area (Å²) in [5, 5.41) is 3.25. The molecule has 22 heavy (non-hydrogen) atoms. The summed E-state index contributed by atoms with van der Waals surface area (Å²) in [6.45, 7) is 5.92. The maximum atomic E-state index is 12.6. The third-order valence-electron chi connectivity index (χ3n) is 4.47. The van der Waals surface area contributed by atoms with Crippen LogP contribution >= 0.6 is 0 Å². The van der Waals surface area contributed by atoms with Gasteiger partial charge < -0.3 is 15.0 Å². The number of nitrogens with one attached hydrogen (secondary N) is 1. The van der Waals surface area contributed by atoms with Crippen molar-refractivity contribution < 1.29 is 9.53 Å². The number of rotatable bonds is 7. The molecule has 1 aliphatic rings. The third-order valence-corrected chi connectivity index (χ3v) is 4.47. The average Bonchev–Trinajstić information content (AvgIpc) is 2.56. The molecule has 1 amide bonds. The third kappa shape index (κ3) is 4.82. The Hall–Kier alpha value is -1.39. The van der Waals surface area contributed by atoms with E-state index in [1.807, 2.05) is 30.3 Å². The van der Waals surface area contributed by atoms with Gasteiger partial charge in [0.25, 0.3) is 0 Å². The van der Waals surface area contributed by atoms with Crippen molar-refractivity contribution in [2.75, 3.05) is 33.4 Å². The SMILES string of the molecule is CCC(C(=O)NC1CCN(CCOC)CC1)c1ccccc1. The lowest BCUT2D eigenvalue weighted by Crippen LogP contribution is -2.46. The summed E-state index contributed by atoms with van der Waals surface area (Å²) in [6, 6.07) is 10.4. The number of carbonyl (C=O) groups excluding carboxylic acids is 1. The van der Waals surface area contributed by atoms with Crippen molar-refractivity contribution in [2.45, 2.75) is 38.1 Å². The maximum Gasteiger partial charge on any atom is 0.227 e. The monoisotopic (exact) mass is 304 g/mol. The molecule has 122 valence electrons. The fraction of sp³-hybridized carbons (Fsp3) is 0.611. The van der Waals surface area contributed by atoms with Crippen molar-refractivity contribution in [1.82, 2.24) is 10.2 Å². The molecule has 0 bridgehead atoms. The Morgan fingerprint density at radius 3 is 2.59 bits per heavy atom. The number of hydrogen-bond acceptors (Lipinski definition) is 3. The lowest BCUT2D eigenvalue weighted by molar-refractivity contribution is -0.123. The number of carbonyl (C=O) groups is 1. The van der Waals surface area contributed by atoms with Crippen molar-refractivity contribution in [2.24, 2.45) is 0 Å². The first-order valence-corrected chi connectivity index (χ1v) is 8.31. The van der Waals surface area contributed by atoms with Crippen LogP contribution in [0.2, 0.25) is 0 Å². The second-order valence-corrected chi connectivity index (χ2v) is 5.99. The fourth-order valence-electron chi connectivity index (χ4n) is 3.08. The van der Waals surface area contributed by atoms with E-state index in [9.17, 15) is 4.79 Å². The molecule has 1 aromatic carbocycles. The van der Waals surface area contributed by atoms with Crippen LogP contribution in [-0.2, 0) is 9.53 Å². The molecule has 1 aliphatic heterocycles. The van der Waals surface area contributed by atoms with Gasteiger partial charge in [0, 0.05) is 32.8 Å². The summed E-state index contributed by atoms with van der Waals surface area (Å²) < 4.78 is 5.12. The molecule has 1 unspecified atom stereocenters.